The van der Waals surface area contributed by atoms with Gasteiger partial charge >= 0.3 is 0 Å². The molecule has 0 amide bonds. The van der Waals surface area contributed by atoms with Gasteiger partial charge in [-0.3, -0.25) is 4.99 Å². The lowest BCUT2D eigenvalue weighted by Crippen LogP contribution is -2.39. The zero-order valence-corrected chi connectivity index (χ0v) is 19.2. The van der Waals surface area contributed by atoms with Gasteiger partial charge in [0.15, 0.2) is 5.96 Å². The molecular weight excluding hydrogens is 455 g/mol. The van der Waals surface area contributed by atoms with Crippen LogP contribution in [0.25, 0.3) is 0 Å². The van der Waals surface area contributed by atoms with E-state index in [2.05, 4.69) is 27.4 Å². The number of nitrogens with zero attached hydrogens (tertiary/aromatic N) is 2. The Balaban J connectivity index is 0.00000364. The second kappa shape index (κ2) is 15.2. The third kappa shape index (κ3) is 10.9. The molecule has 6 nitrogen and oxygen atoms in total. The molecule has 0 saturated carbocycles. The van der Waals surface area contributed by atoms with Crippen molar-refractivity contribution in [3.8, 4) is 0 Å². The highest BCUT2D eigenvalue weighted by Crippen LogP contribution is 2.15. The molecule has 7 heteroatoms. The van der Waals surface area contributed by atoms with E-state index in [0.717, 1.165) is 37.1 Å². The SMILES string of the molecule is CN=C(NCCCCN1CCCC(C)C1)NCCCOCc1ccco1.I. The maximum atomic E-state index is 5.57. The summed E-state index contributed by atoms with van der Waals surface area (Å²) in [6, 6.07) is 3.80. The van der Waals surface area contributed by atoms with Crippen molar-refractivity contribution >= 4 is 29.9 Å². The van der Waals surface area contributed by atoms with Crippen molar-refractivity contribution in [2.45, 2.75) is 45.6 Å². The van der Waals surface area contributed by atoms with Crippen LogP contribution >= 0.6 is 24.0 Å². The molecule has 0 radical (unpaired) electrons. The van der Waals surface area contributed by atoms with Crippen molar-refractivity contribution in [2.75, 3.05) is 46.4 Å². The van der Waals surface area contributed by atoms with E-state index in [0.29, 0.717) is 13.2 Å². The van der Waals surface area contributed by atoms with Gasteiger partial charge in [0, 0.05) is 33.3 Å². The molecule has 0 aliphatic carbocycles. The van der Waals surface area contributed by atoms with E-state index < -0.39 is 0 Å². The normalized spacial score (nSPS) is 18.1. The molecule has 1 aromatic rings. The molecule has 2 rings (SSSR count). The minimum absolute atomic E-state index is 0. The summed E-state index contributed by atoms with van der Waals surface area (Å²) in [4.78, 5) is 6.89. The fourth-order valence-electron chi connectivity index (χ4n) is 3.33. The number of hydrogen-bond donors (Lipinski definition) is 2. The van der Waals surface area contributed by atoms with E-state index in [1.807, 2.05) is 19.2 Å². The summed E-state index contributed by atoms with van der Waals surface area (Å²) >= 11 is 0. The van der Waals surface area contributed by atoms with Gasteiger partial charge in [0.2, 0.25) is 0 Å². The lowest BCUT2D eigenvalue weighted by atomic mass is 10.0. The molecule has 0 spiro atoms. The molecule has 1 aromatic heterocycles. The number of halogens is 1. The third-order valence-corrected chi connectivity index (χ3v) is 4.74. The number of unbranched alkanes of at least 4 members (excludes halogenated alkanes) is 1. The Bertz CT molecular complexity index is 496. The quantitative estimate of drug-likeness (QED) is 0.214. The van der Waals surface area contributed by atoms with Crippen LogP contribution < -0.4 is 10.6 Å². The summed E-state index contributed by atoms with van der Waals surface area (Å²) in [5.74, 6) is 2.62. The van der Waals surface area contributed by atoms with Gasteiger partial charge in [-0.1, -0.05) is 6.92 Å². The Morgan fingerprint density at radius 3 is 2.81 bits per heavy atom. The number of rotatable bonds is 11. The second-order valence-corrected chi connectivity index (χ2v) is 7.17. The van der Waals surface area contributed by atoms with Gasteiger partial charge < -0.3 is 24.7 Å². The Labute approximate surface area is 181 Å². The first-order valence-electron chi connectivity index (χ1n) is 10.0. The average molecular weight is 492 g/mol. The summed E-state index contributed by atoms with van der Waals surface area (Å²) in [6.07, 6.45) is 7.79. The van der Waals surface area contributed by atoms with Crippen molar-refractivity contribution in [1.82, 2.24) is 15.5 Å². The van der Waals surface area contributed by atoms with Gasteiger partial charge in [-0.25, -0.2) is 0 Å². The number of aliphatic imine (C=N–C) groups is 1. The maximum Gasteiger partial charge on any atom is 0.190 e. The van der Waals surface area contributed by atoms with Crippen LogP contribution in [0.2, 0.25) is 0 Å². The number of likely N-dealkylation sites (tertiary alicyclic amines) is 1. The van der Waals surface area contributed by atoms with Crippen molar-refractivity contribution in [2.24, 2.45) is 10.9 Å². The van der Waals surface area contributed by atoms with Crippen LogP contribution in [-0.4, -0.2) is 57.2 Å². The van der Waals surface area contributed by atoms with Gasteiger partial charge in [-0.05, 0) is 63.2 Å². The average Bonchev–Trinajstić information content (AvgIpc) is 3.16. The monoisotopic (exact) mass is 492 g/mol. The molecular formula is C20H37IN4O2. The van der Waals surface area contributed by atoms with Crippen LogP contribution in [0, 0.1) is 5.92 Å². The van der Waals surface area contributed by atoms with Crippen LogP contribution in [0.4, 0.5) is 0 Å². The van der Waals surface area contributed by atoms with Gasteiger partial charge in [0.25, 0.3) is 0 Å². The van der Waals surface area contributed by atoms with Crippen LogP contribution in [0.15, 0.2) is 27.8 Å². The van der Waals surface area contributed by atoms with Crippen LogP contribution in [0.1, 0.15) is 44.8 Å². The molecule has 0 bridgehead atoms. The molecule has 156 valence electrons. The van der Waals surface area contributed by atoms with Gasteiger partial charge in [-0.15, -0.1) is 24.0 Å². The minimum Gasteiger partial charge on any atom is -0.467 e. The van der Waals surface area contributed by atoms with Gasteiger partial charge in [0.1, 0.15) is 12.4 Å². The lowest BCUT2D eigenvalue weighted by Gasteiger charge is -2.30. The standard InChI is InChI=1S/C20H36N4O2.HI/c1-18-8-5-13-24(16-18)12-4-3-10-22-20(21-2)23-11-7-14-25-17-19-9-6-15-26-19;/h6,9,15,18H,3-5,7-8,10-14,16-17H2,1-2H3,(H2,21,22,23);1H. The first kappa shape index (κ1) is 24.2. The van der Waals surface area contributed by atoms with Crippen molar-refractivity contribution in [1.29, 1.82) is 0 Å². The fourth-order valence-corrected chi connectivity index (χ4v) is 3.33. The fraction of sp³-hybridized carbons (Fsp3) is 0.750. The predicted molar refractivity (Wildman–Crippen MR) is 122 cm³/mol. The number of piperidine rings is 1. The van der Waals surface area contributed by atoms with Crippen LogP contribution in [-0.2, 0) is 11.3 Å². The van der Waals surface area contributed by atoms with Gasteiger partial charge in [-0.2, -0.15) is 0 Å². The number of furan rings is 1. The van der Waals surface area contributed by atoms with Crippen LogP contribution in [0.5, 0.6) is 0 Å². The first-order valence-corrected chi connectivity index (χ1v) is 10.0. The van der Waals surface area contributed by atoms with E-state index in [-0.39, 0.29) is 24.0 Å². The largest absolute Gasteiger partial charge is 0.467 e. The van der Waals surface area contributed by atoms with E-state index in [9.17, 15) is 0 Å². The number of guanidine groups is 1. The molecule has 1 aliphatic heterocycles. The molecule has 2 heterocycles. The highest BCUT2D eigenvalue weighted by Gasteiger charge is 2.15. The molecule has 0 aromatic carbocycles. The predicted octanol–water partition coefficient (Wildman–Crippen LogP) is 3.48. The minimum atomic E-state index is 0. The Hall–Kier alpha value is -0.800. The Morgan fingerprint density at radius 1 is 1.30 bits per heavy atom. The highest BCUT2D eigenvalue weighted by atomic mass is 127. The topological polar surface area (TPSA) is 62.0 Å². The zero-order chi connectivity index (χ0) is 18.5. The smallest absolute Gasteiger partial charge is 0.190 e. The molecule has 2 N–H and O–H groups in total. The van der Waals surface area contributed by atoms with Crippen LogP contribution in [0.3, 0.4) is 0 Å². The summed E-state index contributed by atoms with van der Waals surface area (Å²) in [5, 5.41) is 6.73. The molecule has 1 aliphatic rings. The lowest BCUT2D eigenvalue weighted by molar-refractivity contribution is 0.105. The molecule has 1 atom stereocenters. The van der Waals surface area contributed by atoms with E-state index in [4.69, 9.17) is 9.15 Å². The molecule has 1 saturated heterocycles. The highest BCUT2D eigenvalue weighted by molar-refractivity contribution is 14.0. The van der Waals surface area contributed by atoms with E-state index in [1.165, 1.54) is 45.3 Å². The molecule has 1 unspecified atom stereocenters. The van der Waals surface area contributed by atoms with E-state index >= 15 is 0 Å². The number of hydrogen-bond acceptors (Lipinski definition) is 4. The van der Waals surface area contributed by atoms with E-state index in [1.54, 1.807) is 6.26 Å². The summed E-state index contributed by atoms with van der Waals surface area (Å²) in [7, 11) is 1.82. The molecule has 27 heavy (non-hydrogen) atoms. The summed E-state index contributed by atoms with van der Waals surface area (Å²) in [6.45, 7) is 9.22. The van der Waals surface area contributed by atoms with Crippen molar-refractivity contribution < 1.29 is 9.15 Å². The first-order chi connectivity index (χ1) is 12.8. The zero-order valence-electron chi connectivity index (χ0n) is 16.9. The number of ether oxygens (including phenoxy) is 1. The number of nitrogens with one attached hydrogen (secondary N) is 2. The summed E-state index contributed by atoms with van der Waals surface area (Å²) < 4.78 is 10.8. The Morgan fingerprint density at radius 2 is 2.11 bits per heavy atom. The maximum absolute atomic E-state index is 5.57. The third-order valence-electron chi connectivity index (χ3n) is 4.74. The van der Waals surface area contributed by atoms with Crippen molar-refractivity contribution in [3.63, 3.8) is 0 Å². The van der Waals surface area contributed by atoms with Gasteiger partial charge in [0.05, 0.1) is 6.26 Å². The molecule has 1 fully saturated rings. The second-order valence-electron chi connectivity index (χ2n) is 7.17. The summed E-state index contributed by atoms with van der Waals surface area (Å²) in [5.41, 5.74) is 0. The Kier molecular flexibility index (Phi) is 13.6. The van der Waals surface area contributed by atoms with Crippen molar-refractivity contribution in [3.05, 3.63) is 24.2 Å².